The van der Waals surface area contributed by atoms with Crippen molar-refractivity contribution < 1.29 is 14.0 Å². The van der Waals surface area contributed by atoms with Crippen LogP contribution in [0.2, 0.25) is 0 Å². The molecule has 1 aliphatic heterocycles. The Morgan fingerprint density at radius 2 is 2.14 bits per heavy atom. The van der Waals surface area contributed by atoms with Gasteiger partial charge in [-0.3, -0.25) is 0 Å². The summed E-state index contributed by atoms with van der Waals surface area (Å²) >= 11 is 0. The van der Waals surface area contributed by atoms with E-state index in [-0.39, 0.29) is 0 Å². The predicted octanol–water partition coefficient (Wildman–Crippen LogP) is 1.53. The highest BCUT2D eigenvalue weighted by Gasteiger charge is 2.34. The fourth-order valence-corrected chi connectivity index (χ4v) is 1.21. The summed E-state index contributed by atoms with van der Waals surface area (Å²) in [4.78, 5) is 0. The van der Waals surface area contributed by atoms with Gasteiger partial charge in [-0.15, -0.1) is 0 Å². The van der Waals surface area contributed by atoms with Gasteiger partial charge in [-0.25, -0.2) is 0 Å². The average molecular weight is 198 g/mol. The number of ether oxygens (including phenoxy) is 2. The standard InChI is InChI=1S/C11H20NO2/c1-6-11(2)10(13-9-14-11)7-8-12(3,4)5/h6-7H,1,8-9H2,2-5H3/q+1/b10-7-. The van der Waals surface area contributed by atoms with E-state index in [0.29, 0.717) is 6.79 Å². The third kappa shape index (κ3) is 2.59. The Morgan fingerprint density at radius 1 is 1.50 bits per heavy atom. The number of hydrogen-bond acceptors (Lipinski definition) is 2. The summed E-state index contributed by atoms with van der Waals surface area (Å²) in [7, 11) is 6.41. The summed E-state index contributed by atoms with van der Waals surface area (Å²) in [5.74, 6) is 0.876. The van der Waals surface area contributed by atoms with Crippen molar-refractivity contribution in [1.29, 1.82) is 0 Å². The van der Waals surface area contributed by atoms with Crippen molar-refractivity contribution in [3.63, 3.8) is 0 Å². The molecule has 0 N–H and O–H groups in total. The second-order valence-corrected chi connectivity index (χ2v) is 4.76. The fourth-order valence-electron chi connectivity index (χ4n) is 1.21. The van der Waals surface area contributed by atoms with Gasteiger partial charge in [0.2, 0.25) is 0 Å². The molecule has 0 spiro atoms. The van der Waals surface area contributed by atoms with Gasteiger partial charge in [-0.05, 0) is 6.92 Å². The Bertz CT molecular complexity index is 253. The van der Waals surface area contributed by atoms with Gasteiger partial charge in [0.1, 0.15) is 17.9 Å². The molecule has 1 heterocycles. The van der Waals surface area contributed by atoms with E-state index in [1.54, 1.807) is 6.08 Å². The zero-order chi connectivity index (χ0) is 10.8. The molecule has 1 unspecified atom stereocenters. The largest absolute Gasteiger partial charge is 0.469 e. The molecule has 80 valence electrons. The minimum Gasteiger partial charge on any atom is -0.469 e. The van der Waals surface area contributed by atoms with Crippen LogP contribution in [-0.2, 0) is 9.47 Å². The van der Waals surface area contributed by atoms with E-state index in [0.717, 1.165) is 16.8 Å². The third-order valence-corrected chi connectivity index (χ3v) is 2.28. The van der Waals surface area contributed by atoms with Crippen LogP contribution in [0.5, 0.6) is 0 Å². The first-order chi connectivity index (χ1) is 6.37. The zero-order valence-electron chi connectivity index (χ0n) is 9.54. The van der Waals surface area contributed by atoms with E-state index in [1.165, 1.54) is 0 Å². The van der Waals surface area contributed by atoms with Crippen molar-refractivity contribution in [2.45, 2.75) is 12.5 Å². The number of quaternary nitrogens is 1. The maximum Gasteiger partial charge on any atom is 0.190 e. The Labute approximate surface area is 86.2 Å². The van der Waals surface area contributed by atoms with E-state index >= 15 is 0 Å². The van der Waals surface area contributed by atoms with E-state index in [2.05, 4.69) is 33.8 Å². The van der Waals surface area contributed by atoms with Crippen LogP contribution >= 0.6 is 0 Å². The topological polar surface area (TPSA) is 18.5 Å². The van der Waals surface area contributed by atoms with E-state index < -0.39 is 5.60 Å². The molecule has 0 aromatic heterocycles. The molecule has 0 radical (unpaired) electrons. The predicted molar refractivity (Wildman–Crippen MR) is 56.6 cm³/mol. The van der Waals surface area contributed by atoms with Crippen LogP contribution in [0.15, 0.2) is 24.5 Å². The van der Waals surface area contributed by atoms with Crippen molar-refractivity contribution in [2.75, 3.05) is 34.5 Å². The van der Waals surface area contributed by atoms with Gasteiger partial charge in [-0.2, -0.15) is 0 Å². The molecule has 0 aromatic carbocycles. The van der Waals surface area contributed by atoms with Gasteiger partial charge in [0.25, 0.3) is 0 Å². The number of hydrogen-bond donors (Lipinski definition) is 0. The third-order valence-electron chi connectivity index (χ3n) is 2.28. The molecule has 1 atom stereocenters. The van der Waals surface area contributed by atoms with E-state index in [1.807, 2.05) is 6.92 Å². The molecular weight excluding hydrogens is 178 g/mol. The quantitative estimate of drug-likeness (QED) is 0.506. The molecule has 1 fully saturated rings. The second-order valence-electron chi connectivity index (χ2n) is 4.76. The van der Waals surface area contributed by atoms with Gasteiger partial charge in [0.05, 0.1) is 21.1 Å². The van der Waals surface area contributed by atoms with Crippen molar-refractivity contribution in [3.05, 3.63) is 24.5 Å². The smallest absolute Gasteiger partial charge is 0.190 e. The van der Waals surface area contributed by atoms with Gasteiger partial charge < -0.3 is 14.0 Å². The maximum absolute atomic E-state index is 5.45. The molecule has 0 saturated carbocycles. The molecule has 0 bridgehead atoms. The SMILES string of the molecule is C=CC1(C)OCO/C1=C\C[N+](C)(C)C. The van der Waals surface area contributed by atoms with Crippen LogP contribution in [-0.4, -0.2) is 44.6 Å². The van der Waals surface area contributed by atoms with Crippen LogP contribution in [0.4, 0.5) is 0 Å². The molecule has 3 heteroatoms. The lowest BCUT2D eigenvalue weighted by atomic mass is 10.0. The first kappa shape index (κ1) is 11.3. The summed E-state index contributed by atoms with van der Waals surface area (Å²) in [6.45, 7) is 6.97. The number of rotatable bonds is 3. The van der Waals surface area contributed by atoms with Crippen LogP contribution in [0.1, 0.15) is 6.92 Å². The molecule has 0 aromatic rings. The van der Waals surface area contributed by atoms with Crippen LogP contribution in [0.3, 0.4) is 0 Å². The molecular formula is C11H20NO2+. The Morgan fingerprint density at radius 3 is 2.64 bits per heavy atom. The van der Waals surface area contributed by atoms with Gasteiger partial charge in [-0.1, -0.05) is 12.7 Å². The molecule has 0 amide bonds. The molecule has 1 aliphatic rings. The minimum atomic E-state index is -0.435. The Hall–Kier alpha value is -0.800. The highest BCUT2D eigenvalue weighted by molar-refractivity contribution is 5.19. The molecule has 1 saturated heterocycles. The lowest BCUT2D eigenvalue weighted by molar-refractivity contribution is -0.864. The van der Waals surface area contributed by atoms with E-state index in [9.17, 15) is 0 Å². The molecule has 3 nitrogen and oxygen atoms in total. The monoisotopic (exact) mass is 198 g/mol. The number of nitrogens with zero attached hydrogens (tertiary/aromatic N) is 1. The lowest BCUT2D eigenvalue weighted by Gasteiger charge is -2.23. The summed E-state index contributed by atoms with van der Waals surface area (Å²) in [5.41, 5.74) is -0.435. The summed E-state index contributed by atoms with van der Waals surface area (Å²) < 4.78 is 11.7. The normalized spacial score (nSPS) is 30.4. The van der Waals surface area contributed by atoms with Crippen molar-refractivity contribution in [2.24, 2.45) is 0 Å². The summed E-state index contributed by atoms with van der Waals surface area (Å²) in [6, 6.07) is 0. The van der Waals surface area contributed by atoms with Gasteiger partial charge in [0, 0.05) is 6.08 Å². The van der Waals surface area contributed by atoms with Crippen molar-refractivity contribution in [3.8, 4) is 0 Å². The first-order valence-corrected chi connectivity index (χ1v) is 4.79. The molecule has 1 rings (SSSR count). The lowest BCUT2D eigenvalue weighted by Crippen LogP contribution is -2.35. The van der Waals surface area contributed by atoms with E-state index in [4.69, 9.17) is 9.47 Å². The highest BCUT2D eigenvalue weighted by atomic mass is 16.7. The van der Waals surface area contributed by atoms with Gasteiger partial charge in [0.15, 0.2) is 6.79 Å². The van der Waals surface area contributed by atoms with Crippen LogP contribution in [0, 0.1) is 0 Å². The second kappa shape index (κ2) is 3.75. The Kier molecular flexibility index (Phi) is 3.02. The van der Waals surface area contributed by atoms with Crippen LogP contribution < -0.4 is 0 Å². The molecule has 0 aliphatic carbocycles. The van der Waals surface area contributed by atoms with Crippen molar-refractivity contribution >= 4 is 0 Å². The van der Waals surface area contributed by atoms with Gasteiger partial charge >= 0.3 is 0 Å². The minimum absolute atomic E-state index is 0.325. The molecule has 14 heavy (non-hydrogen) atoms. The van der Waals surface area contributed by atoms with Crippen LogP contribution in [0.25, 0.3) is 0 Å². The average Bonchev–Trinajstić information content (AvgIpc) is 2.43. The highest BCUT2D eigenvalue weighted by Crippen LogP contribution is 2.29. The fraction of sp³-hybridized carbons (Fsp3) is 0.636. The Balaban J connectivity index is 2.72. The zero-order valence-corrected chi connectivity index (χ0v) is 9.54. The number of likely N-dealkylation sites (N-methyl/N-ethyl adjacent to an activating group) is 1. The maximum atomic E-state index is 5.45. The summed E-state index contributed by atoms with van der Waals surface area (Å²) in [6.07, 6.45) is 3.86. The van der Waals surface area contributed by atoms with Crippen molar-refractivity contribution in [1.82, 2.24) is 0 Å². The summed E-state index contributed by atoms with van der Waals surface area (Å²) in [5, 5.41) is 0. The first-order valence-electron chi connectivity index (χ1n) is 4.79.